The predicted molar refractivity (Wildman–Crippen MR) is 103 cm³/mol. The van der Waals surface area contributed by atoms with E-state index in [1.807, 2.05) is 30.3 Å². The van der Waals surface area contributed by atoms with Crippen LogP contribution < -0.4 is 16.0 Å². The second kappa shape index (κ2) is 7.33. The van der Waals surface area contributed by atoms with Gasteiger partial charge in [-0.3, -0.25) is 4.79 Å². The van der Waals surface area contributed by atoms with Gasteiger partial charge in [0.25, 0.3) is 5.91 Å². The third-order valence-corrected chi connectivity index (χ3v) is 4.18. The summed E-state index contributed by atoms with van der Waals surface area (Å²) in [7, 11) is 0. The van der Waals surface area contributed by atoms with E-state index in [-0.39, 0.29) is 11.9 Å². The highest BCUT2D eigenvalue weighted by Gasteiger charge is 2.23. The van der Waals surface area contributed by atoms with Gasteiger partial charge >= 0.3 is 6.03 Å². The molecule has 2 aromatic carbocycles. The van der Waals surface area contributed by atoms with Crippen molar-refractivity contribution in [1.82, 2.24) is 15.1 Å². The van der Waals surface area contributed by atoms with E-state index >= 15 is 0 Å². The molecule has 1 aromatic heterocycles. The maximum Gasteiger partial charge on any atom is 0.319 e. The Morgan fingerprint density at radius 2 is 1.59 bits per heavy atom. The number of hydrogen-bond donors (Lipinski definition) is 3. The van der Waals surface area contributed by atoms with Gasteiger partial charge in [-0.15, -0.1) is 0 Å². The van der Waals surface area contributed by atoms with Crippen molar-refractivity contribution in [2.75, 3.05) is 10.6 Å². The Morgan fingerprint density at radius 1 is 0.926 bits per heavy atom. The number of nitrogens with zero attached hydrogens (tertiary/aromatic N) is 2. The third-order valence-electron chi connectivity index (χ3n) is 4.18. The summed E-state index contributed by atoms with van der Waals surface area (Å²) >= 11 is 0. The maximum absolute atomic E-state index is 12.4. The molecule has 7 heteroatoms. The summed E-state index contributed by atoms with van der Waals surface area (Å²) in [5.41, 5.74) is 2.66. The molecular formula is C20H19N5O2. The minimum Gasteiger partial charge on any atom is -0.335 e. The fourth-order valence-corrected chi connectivity index (χ4v) is 2.58. The summed E-state index contributed by atoms with van der Waals surface area (Å²) in [5.74, 6) is -0.246. The molecular weight excluding hydrogens is 342 g/mol. The van der Waals surface area contributed by atoms with Gasteiger partial charge in [-0.1, -0.05) is 18.2 Å². The number of anilines is 2. The Morgan fingerprint density at radius 3 is 2.26 bits per heavy atom. The Kier molecular flexibility index (Phi) is 4.57. The number of carbonyl (C=O) groups is 2. The maximum atomic E-state index is 12.4. The SMILES string of the molecule is O=C(Nc1ccc(NC(=O)c2cnn(-c3ccccc3)c2)cc1)NC1CC1. The highest BCUT2D eigenvalue weighted by Crippen LogP contribution is 2.19. The highest BCUT2D eigenvalue weighted by molar-refractivity contribution is 6.04. The summed E-state index contributed by atoms with van der Waals surface area (Å²) in [5, 5.41) is 12.7. The summed E-state index contributed by atoms with van der Waals surface area (Å²) in [6.07, 6.45) is 5.29. The lowest BCUT2D eigenvalue weighted by molar-refractivity contribution is 0.102. The summed E-state index contributed by atoms with van der Waals surface area (Å²) in [6, 6.07) is 16.7. The highest BCUT2D eigenvalue weighted by atomic mass is 16.2. The molecule has 0 saturated heterocycles. The van der Waals surface area contributed by atoms with Gasteiger partial charge in [0.05, 0.1) is 17.4 Å². The Hall–Kier alpha value is -3.61. The summed E-state index contributed by atoms with van der Waals surface area (Å²) in [6.45, 7) is 0. The van der Waals surface area contributed by atoms with Gasteiger partial charge in [0.2, 0.25) is 0 Å². The van der Waals surface area contributed by atoms with Crippen LogP contribution in [0, 0.1) is 0 Å². The van der Waals surface area contributed by atoms with Crippen molar-refractivity contribution in [3.63, 3.8) is 0 Å². The Bertz CT molecular complexity index is 946. The lowest BCUT2D eigenvalue weighted by Gasteiger charge is -2.08. The van der Waals surface area contributed by atoms with Gasteiger partial charge in [-0.05, 0) is 49.2 Å². The number of amides is 3. The average molecular weight is 361 g/mol. The molecule has 4 rings (SSSR count). The van der Waals surface area contributed by atoms with Crippen LogP contribution in [0.5, 0.6) is 0 Å². The Labute approximate surface area is 156 Å². The quantitative estimate of drug-likeness (QED) is 0.651. The largest absolute Gasteiger partial charge is 0.335 e. The first-order valence-corrected chi connectivity index (χ1v) is 8.76. The van der Waals surface area contributed by atoms with E-state index in [0.717, 1.165) is 18.5 Å². The van der Waals surface area contributed by atoms with Crippen LogP contribution in [0.3, 0.4) is 0 Å². The first-order chi connectivity index (χ1) is 13.2. The van der Waals surface area contributed by atoms with Crippen LogP contribution in [0.25, 0.3) is 5.69 Å². The third kappa shape index (κ3) is 4.33. The normalized spacial score (nSPS) is 13.0. The number of aromatic nitrogens is 2. The molecule has 27 heavy (non-hydrogen) atoms. The molecule has 0 unspecified atom stereocenters. The number of carbonyl (C=O) groups excluding carboxylic acids is 2. The van der Waals surface area contributed by atoms with E-state index in [2.05, 4.69) is 21.0 Å². The van der Waals surface area contributed by atoms with Crippen LogP contribution in [-0.4, -0.2) is 27.8 Å². The molecule has 1 saturated carbocycles. The van der Waals surface area contributed by atoms with Crippen LogP contribution in [0.4, 0.5) is 16.2 Å². The van der Waals surface area contributed by atoms with E-state index in [1.54, 1.807) is 35.1 Å². The molecule has 1 aliphatic carbocycles. The molecule has 136 valence electrons. The number of hydrogen-bond acceptors (Lipinski definition) is 3. The van der Waals surface area contributed by atoms with Crippen molar-refractivity contribution in [2.45, 2.75) is 18.9 Å². The molecule has 0 bridgehead atoms. The lowest BCUT2D eigenvalue weighted by Crippen LogP contribution is -2.30. The van der Waals surface area contributed by atoms with Gasteiger partial charge in [0, 0.05) is 23.6 Å². The van der Waals surface area contributed by atoms with Crippen molar-refractivity contribution in [2.24, 2.45) is 0 Å². The van der Waals surface area contributed by atoms with E-state index in [1.165, 1.54) is 6.20 Å². The lowest BCUT2D eigenvalue weighted by atomic mass is 10.2. The molecule has 0 spiro atoms. The average Bonchev–Trinajstić information content (AvgIpc) is 3.34. The second-order valence-electron chi connectivity index (χ2n) is 6.41. The number of nitrogens with one attached hydrogen (secondary N) is 3. The molecule has 1 heterocycles. The first-order valence-electron chi connectivity index (χ1n) is 8.76. The van der Waals surface area contributed by atoms with E-state index < -0.39 is 0 Å². The van der Waals surface area contributed by atoms with Crippen molar-refractivity contribution in [3.05, 3.63) is 72.6 Å². The molecule has 0 atom stereocenters. The van der Waals surface area contributed by atoms with Crippen LogP contribution in [0.15, 0.2) is 67.0 Å². The van der Waals surface area contributed by atoms with Crippen molar-refractivity contribution in [1.29, 1.82) is 0 Å². The Balaban J connectivity index is 1.36. The van der Waals surface area contributed by atoms with Gasteiger partial charge in [-0.2, -0.15) is 5.10 Å². The monoisotopic (exact) mass is 361 g/mol. The number of urea groups is 1. The van der Waals surface area contributed by atoms with Crippen LogP contribution in [0.2, 0.25) is 0 Å². The van der Waals surface area contributed by atoms with Crippen LogP contribution in [-0.2, 0) is 0 Å². The fraction of sp³-hybridized carbons (Fsp3) is 0.150. The zero-order chi connectivity index (χ0) is 18.6. The van der Waals surface area contributed by atoms with Gasteiger partial charge in [0.1, 0.15) is 0 Å². The van der Waals surface area contributed by atoms with Gasteiger partial charge in [0.15, 0.2) is 0 Å². The molecule has 3 aromatic rings. The van der Waals surface area contributed by atoms with E-state index in [4.69, 9.17) is 0 Å². The number of para-hydroxylation sites is 1. The minimum atomic E-state index is -0.246. The van der Waals surface area contributed by atoms with Gasteiger partial charge < -0.3 is 16.0 Å². The molecule has 7 nitrogen and oxygen atoms in total. The van der Waals surface area contributed by atoms with Gasteiger partial charge in [-0.25, -0.2) is 9.48 Å². The standard InChI is InChI=1S/C20H19N5O2/c26-19(14-12-21-25(13-14)18-4-2-1-3-5-18)22-15-6-8-16(9-7-15)23-20(27)24-17-10-11-17/h1-9,12-13,17H,10-11H2,(H,22,26)(H2,23,24,27). The van der Waals surface area contributed by atoms with E-state index in [9.17, 15) is 9.59 Å². The molecule has 0 radical (unpaired) electrons. The van der Waals surface area contributed by atoms with Crippen molar-refractivity contribution < 1.29 is 9.59 Å². The second-order valence-corrected chi connectivity index (χ2v) is 6.41. The fourth-order valence-electron chi connectivity index (χ4n) is 2.58. The first kappa shape index (κ1) is 16.8. The van der Waals surface area contributed by atoms with Crippen LogP contribution in [0.1, 0.15) is 23.2 Å². The van der Waals surface area contributed by atoms with E-state index in [0.29, 0.717) is 23.0 Å². The zero-order valence-electron chi connectivity index (χ0n) is 14.6. The predicted octanol–water partition coefficient (Wildman–Crippen LogP) is 3.41. The number of rotatable bonds is 5. The minimum absolute atomic E-state index is 0.206. The smallest absolute Gasteiger partial charge is 0.319 e. The van der Waals surface area contributed by atoms with Crippen LogP contribution >= 0.6 is 0 Å². The molecule has 3 N–H and O–H groups in total. The zero-order valence-corrected chi connectivity index (χ0v) is 14.6. The molecule has 1 fully saturated rings. The molecule has 1 aliphatic rings. The van der Waals surface area contributed by atoms with Crippen molar-refractivity contribution in [3.8, 4) is 5.69 Å². The molecule has 0 aliphatic heterocycles. The van der Waals surface area contributed by atoms with Crippen molar-refractivity contribution >= 4 is 23.3 Å². The summed E-state index contributed by atoms with van der Waals surface area (Å²) in [4.78, 5) is 24.1. The number of benzene rings is 2. The summed E-state index contributed by atoms with van der Waals surface area (Å²) < 4.78 is 1.65. The molecule has 3 amide bonds. The topological polar surface area (TPSA) is 88.1 Å².